The molecule has 0 saturated carbocycles. The van der Waals surface area contributed by atoms with Gasteiger partial charge in [0.15, 0.2) is 9.84 Å². The van der Waals surface area contributed by atoms with Gasteiger partial charge in [0.05, 0.1) is 4.90 Å². The fraction of sp³-hybridized carbons (Fsp3) is 0.300. The molecule has 0 heterocycles. The summed E-state index contributed by atoms with van der Waals surface area (Å²) < 4.78 is 23.4. The fourth-order valence-electron chi connectivity index (χ4n) is 1.15. The number of carbonyl (C=O) groups excluding carboxylic acids is 1. The molecule has 0 saturated heterocycles. The number of carbonyl (C=O) groups is 1. The average molecular weight is 242 g/mol. The van der Waals surface area contributed by atoms with E-state index in [0.717, 1.165) is 0 Å². The third-order valence-electron chi connectivity index (χ3n) is 1.89. The summed E-state index contributed by atoms with van der Waals surface area (Å²) in [5, 5.41) is 2.42. The Balaban J connectivity index is 2.70. The van der Waals surface area contributed by atoms with Crippen LogP contribution in [0.4, 0.5) is 0 Å². The summed E-state index contributed by atoms with van der Waals surface area (Å²) in [6.45, 7) is 0.570. The van der Waals surface area contributed by atoms with Crippen LogP contribution in [0.15, 0.2) is 35.2 Å². The predicted octanol–water partition coefficient (Wildman–Crippen LogP) is -0.465. The van der Waals surface area contributed by atoms with Crippen LogP contribution in [0.25, 0.3) is 0 Å². The van der Waals surface area contributed by atoms with Gasteiger partial charge in [-0.2, -0.15) is 0 Å². The van der Waals surface area contributed by atoms with E-state index in [1.807, 2.05) is 0 Å². The summed E-state index contributed by atoms with van der Waals surface area (Å²) in [4.78, 5) is 11.4. The summed E-state index contributed by atoms with van der Waals surface area (Å²) in [6.07, 6.45) is 0. The lowest BCUT2D eigenvalue weighted by Crippen LogP contribution is -2.33. The monoisotopic (exact) mass is 242 g/mol. The Bertz CT molecular complexity index is 442. The summed E-state index contributed by atoms with van der Waals surface area (Å²) >= 11 is 0. The quantitative estimate of drug-likeness (QED) is 0.731. The van der Waals surface area contributed by atoms with Crippen molar-refractivity contribution >= 4 is 15.7 Å². The molecule has 0 aromatic heterocycles. The molecule has 16 heavy (non-hydrogen) atoms. The van der Waals surface area contributed by atoms with Crippen LogP contribution in [0, 0.1) is 0 Å². The second kappa shape index (κ2) is 5.62. The van der Waals surface area contributed by atoms with E-state index >= 15 is 0 Å². The van der Waals surface area contributed by atoms with Gasteiger partial charge in [-0.05, 0) is 12.1 Å². The van der Waals surface area contributed by atoms with Crippen molar-refractivity contribution in [3.05, 3.63) is 30.3 Å². The molecular formula is C10H14N2O3S. The van der Waals surface area contributed by atoms with Crippen molar-refractivity contribution in [2.24, 2.45) is 5.73 Å². The molecule has 0 bridgehead atoms. The van der Waals surface area contributed by atoms with Crippen LogP contribution in [0.2, 0.25) is 0 Å². The maximum atomic E-state index is 11.7. The van der Waals surface area contributed by atoms with Gasteiger partial charge in [-0.3, -0.25) is 4.79 Å². The molecule has 5 nitrogen and oxygen atoms in total. The minimum atomic E-state index is -3.54. The van der Waals surface area contributed by atoms with Crippen LogP contribution in [0.1, 0.15) is 0 Å². The molecule has 6 heteroatoms. The smallest absolute Gasteiger partial charge is 0.235 e. The highest BCUT2D eigenvalue weighted by atomic mass is 32.2. The number of nitrogens with two attached hydrogens (primary N) is 1. The first-order chi connectivity index (χ1) is 7.56. The van der Waals surface area contributed by atoms with Crippen molar-refractivity contribution < 1.29 is 13.2 Å². The first kappa shape index (κ1) is 12.7. The lowest BCUT2D eigenvalue weighted by Gasteiger charge is -2.04. The van der Waals surface area contributed by atoms with E-state index in [9.17, 15) is 13.2 Å². The standard InChI is InChI=1S/C10H14N2O3S/c11-6-7-12-10(13)8-16(14,15)9-4-2-1-3-5-9/h1-5H,6-8,11H2,(H,12,13). The Morgan fingerprint density at radius 2 is 1.88 bits per heavy atom. The van der Waals surface area contributed by atoms with Gasteiger partial charge in [0, 0.05) is 13.1 Å². The molecule has 3 N–H and O–H groups in total. The third-order valence-corrected chi connectivity index (χ3v) is 3.52. The predicted molar refractivity (Wildman–Crippen MR) is 60.6 cm³/mol. The van der Waals surface area contributed by atoms with E-state index in [1.54, 1.807) is 18.2 Å². The molecule has 0 aliphatic carbocycles. The van der Waals surface area contributed by atoms with Crippen LogP contribution < -0.4 is 11.1 Å². The average Bonchev–Trinajstić information content (AvgIpc) is 2.27. The number of benzene rings is 1. The van der Waals surface area contributed by atoms with Crippen LogP contribution in [0.5, 0.6) is 0 Å². The van der Waals surface area contributed by atoms with Gasteiger partial charge in [0.1, 0.15) is 5.75 Å². The Labute approximate surface area is 94.6 Å². The van der Waals surface area contributed by atoms with Crippen molar-refractivity contribution in [2.75, 3.05) is 18.8 Å². The molecular weight excluding hydrogens is 228 g/mol. The Morgan fingerprint density at radius 1 is 1.25 bits per heavy atom. The van der Waals surface area contributed by atoms with Crippen LogP contribution in [0.3, 0.4) is 0 Å². The Kier molecular flexibility index (Phi) is 4.45. The second-order valence-corrected chi connectivity index (χ2v) is 5.20. The molecule has 1 aromatic carbocycles. The topological polar surface area (TPSA) is 89.3 Å². The summed E-state index contributed by atoms with van der Waals surface area (Å²) in [7, 11) is -3.54. The lowest BCUT2D eigenvalue weighted by molar-refractivity contribution is -0.118. The molecule has 1 aromatic rings. The van der Waals surface area contributed by atoms with Crippen molar-refractivity contribution in [3.8, 4) is 0 Å². The molecule has 1 rings (SSSR count). The SMILES string of the molecule is NCCNC(=O)CS(=O)(=O)c1ccccc1. The first-order valence-corrected chi connectivity index (χ1v) is 6.46. The van der Waals surface area contributed by atoms with E-state index in [2.05, 4.69) is 5.32 Å². The van der Waals surface area contributed by atoms with Crippen LogP contribution in [-0.4, -0.2) is 33.2 Å². The highest BCUT2D eigenvalue weighted by Crippen LogP contribution is 2.09. The fourth-order valence-corrected chi connectivity index (χ4v) is 2.33. The highest BCUT2D eigenvalue weighted by Gasteiger charge is 2.18. The Hall–Kier alpha value is -1.40. The number of sulfone groups is 1. The van der Waals surface area contributed by atoms with E-state index in [0.29, 0.717) is 0 Å². The lowest BCUT2D eigenvalue weighted by atomic mass is 10.4. The summed E-state index contributed by atoms with van der Waals surface area (Å²) in [5.74, 6) is -1.08. The molecule has 88 valence electrons. The van der Waals surface area contributed by atoms with E-state index in [-0.39, 0.29) is 18.0 Å². The molecule has 0 unspecified atom stereocenters. The maximum Gasteiger partial charge on any atom is 0.235 e. The van der Waals surface area contributed by atoms with Crippen molar-refractivity contribution in [1.82, 2.24) is 5.32 Å². The molecule has 1 amide bonds. The van der Waals surface area contributed by atoms with E-state index in [1.165, 1.54) is 12.1 Å². The zero-order valence-corrected chi connectivity index (χ0v) is 9.53. The normalized spacial score (nSPS) is 11.1. The molecule has 0 fully saturated rings. The van der Waals surface area contributed by atoms with Gasteiger partial charge >= 0.3 is 0 Å². The van der Waals surface area contributed by atoms with Crippen molar-refractivity contribution in [1.29, 1.82) is 0 Å². The van der Waals surface area contributed by atoms with Gasteiger partial charge in [-0.15, -0.1) is 0 Å². The Morgan fingerprint density at radius 3 is 2.44 bits per heavy atom. The first-order valence-electron chi connectivity index (χ1n) is 4.81. The molecule has 0 spiro atoms. The summed E-state index contributed by atoms with van der Waals surface area (Å²) in [6, 6.07) is 7.87. The molecule has 0 radical (unpaired) electrons. The van der Waals surface area contributed by atoms with Gasteiger partial charge in [-0.1, -0.05) is 18.2 Å². The minimum absolute atomic E-state index is 0.151. The number of hydrogen-bond donors (Lipinski definition) is 2. The van der Waals surface area contributed by atoms with Crippen LogP contribution >= 0.6 is 0 Å². The van der Waals surface area contributed by atoms with E-state index < -0.39 is 21.5 Å². The molecule has 0 atom stereocenters. The number of hydrogen-bond acceptors (Lipinski definition) is 4. The number of nitrogens with one attached hydrogen (secondary N) is 1. The molecule has 0 aliphatic heterocycles. The van der Waals surface area contributed by atoms with Crippen molar-refractivity contribution in [2.45, 2.75) is 4.90 Å². The highest BCUT2D eigenvalue weighted by molar-refractivity contribution is 7.92. The van der Waals surface area contributed by atoms with Crippen LogP contribution in [-0.2, 0) is 14.6 Å². The molecule has 0 aliphatic rings. The zero-order chi connectivity index (χ0) is 12.0. The third kappa shape index (κ3) is 3.63. The van der Waals surface area contributed by atoms with Gasteiger partial charge in [0.2, 0.25) is 5.91 Å². The van der Waals surface area contributed by atoms with Gasteiger partial charge in [-0.25, -0.2) is 8.42 Å². The van der Waals surface area contributed by atoms with Gasteiger partial charge < -0.3 is 11.1 Å². The minimum Gasteiger partial charge on any atom is -0.354 e. The maximum absolute atomic E-state index is 11.7. The van der Waals surface area contributed by atoms with Gasteiger partial charge in [0.25, 0.3) is 0 Å². The second-order valence-electron chi connectivity index (χ2n) is 3.21. The van der Waals surface area contributed by atoms with Crippen molar-refractivity contribution in [3.63, 3.8) is 0 Å². The summed E-state index contributed by atoms with van der Waals surface area (Å²) in [5.41, 5.74) is 5.19. The number of rotatable bonds is 5. The zero-order valence-electron chi connectivity index (χ0n) is 8.72. The largest absolute Gasteiger partial charge is 0.354 e. The number of amides is 1. The van der Waals surface area contributed by atoms with E-state index in [4.69, 9.17) is 5.73 Å².